The highest BCUT2D eigenvalue weighted by molar-refractivity contribution is 6.04. The number of morpholine rings is 1. The van der Waals surface area contributed by atoms with E-state index in [-0.39, 0.29) is 23.5 Å². The normalized spacial score (nSPS) is 18.7. The topological polar surface area (TPSA) is 101 Å². The molecule has 2 aliphatic rings. The zero-order valence-electron chi connectivity index (χ0n) is 19.9. The number of likely N-dealkylation sites (tertiary alicyclic amines) is 1. The number of anilines is 1. The quantitative estimate of drug-likeness (QED) is 0.563. The van der Waals surface area contributed by atoms with E-state index in [0.29, 0.717) is 67.9 Å². The van der Waals surface area contributed by atoms with Gasteiger partial charge in [-0.3, -0.25) is 14.5 Å². The number of hydrogen-bond acceptors (Lipinski definition) is 7. The molecule has 0 saturated carbocycles. The molecule has 0 aliphatic carbocycles. The van der Waals surface area contributed by atoms with E-state index in [0.717, 1.165) is 19.4 Å². The first-order chi connectivity index (χ1) is 17.6. The molecule has 1 aromatic heterocycles. The number of piperidine rings is 1. The summed E-state index contributed by atoms with van der Waals surface area (Å²) in [6.07, 6.45) is 1.61. The fourth-order valence-electron chi connectivity index (χ4n) is 4.59. The molecule has 10 heteroatoms. The van der Waals surface area contributed by atoms with Crippen LogP contribution in [0.25, 0.3) is 11.4 Å². The lowest BCUT2D eigenvalue weighted by molar-refractivity contribution is -0.121. The minimum Gasteiger partial charge on any atom is -0.378 e. The Hall–Kier alpha value is -3.63. The number of carbonyl (C=O) groups excluding carboxylic acids is 2. The Labute approximate surface area is 208 Å². The largest absolute Gasteiger partial charge is 0.378 e. The summed E-state index contributed by atoms with van der Waals surface area (Å²) >= 11 is 0. The summed E-state index contributed by atoms with van der Waals surface area (Å²) in [7, 11) is 0. The van der Waals surface area contributed by atoms with E-state index in [1.54, 1.807) is 35.2 Å². The number of para-hydroxylation sites is 1. The van der Waals surface area contributed by atoms with Gasteiger partial charge in [0.1, 0.15) is 5.82 Å². The van der Waals surface area contributed by atoms with Gasteiger partial charge in [-0.25, -0.2) is 4.39 Å². The number of carbonyl (C=O) groups is 2. The predicted octanol–water partition coefficient (Wildman–Crippen LogP) is 3.20. The highest BCUT2D eigenvalue weighted by Crippen LogP contribution is 2.24. The Kier molecular flexibility index (Phi) is 7.33. The van der Waals surface area contributed by atoms with Gasteiger partial charge >= 0.3 is 0 Å². The van der Waals surface area contributed by atoms with E-state index in [1.165, 1.54) is 12.1 Å². The molecular weight excluding hydrogens is 465 g/mol. The monoisotopic (exact) mass is 493 g/mol. The van der Waals surface area contributed by atoms with Crippen molar-refractivity contribution in [2.75, 3.05) is 44.7 Å². The van der Waals surface area contributed by atoms with Crippen LogP contribution in [0.5, 0.6) is 0 Å². The smallest absolute Gasteiger partial charge is 0.256 e. The van der Waals surface area contributed by atoms with E-state index in [4.69, 9.17) is 9.26 Å². The van der Waals surface area contributed by atoms with Crippen LogP contribution in [0.1, 0.15) is 29.1 Å². The van der Waals surface area contributed by atoms with Crippen LogP contribution >= 0.6 is 0 Å². The standard InChI is InChI=1S/C26H28FN5O4/c27-20-9-7-18(8-10-20)24-29-23(36-30-24)17-31-11-3-4-19(16-31)25(33)28-22-6-2-1-5-21(22)26(34)32-12-14-35-15-13-32/h1-2,5-10,19H,3-4,11-17H2,(H,28,33). The fourth-order valence-corrected chi connectivity index (χ4v) is 4.59. The van der Waals surface area contributed by atoms with Crippen LogP contribution in [0.3, 0.4) is 0 Å². The van der Waals surface area contributed by atoms with E-state index in [2.05, 4.69) is 20.4 Å². The van der Waals surface area contributed by atoms with Gasteiger partial charge in [-0.1, -0.05) is 17.3 Å². The minimum atomic E-state index is -0.326. The highest BCUT2D eigenvalue weighted by Gasteiger charge is 2.28. The van der Waals surface area contributed by atoms with Crippen molar-refractivity contribution >= 4 is 17.5 Å². The molecule has 2 amide bonds. The molecule has 2 saturated heterocycles. The molecule has 3 aromatic rings. The summed E-state index contributed by atoms with van der Waals surface area (Å²) in [4.78, 5) is 34.5. The second-order valence-electron chi connectivity index (χ2n) is 9.03. The maximum Gasteiger partial charge on any atom is 0.256 e. The Morgan fingerprint density at radius 3 is 2.64 bits per heavy atom. The van der Waals surface area contributed by atoms with Gasteiger partial charge in [0.2, 0.25) is 17.6 Å². The summed E-state index contributed by atoms with van der Waals surface area (Å²) in [6.45, 7) is 3.88. The van der Waals surface area contributed by atoms with Crippen LogP contribution in [0.15, 0.2) is 53.1 Å². The molecule has 0 spiro atoms. The zero-order valence-corrected chi connectivity index (χ0v) is 19.9. The molecule has 5 rings (SSSR count). The Balaban J connectivity index is 1.21. The number of nitrogens with zero attached hydrogens (tertiary/aromatic N) is 4. The van der Waals surface area contributed by atoms with Gasteiger partial charge in [-0.05, 0) is 55.8 Å². The number of rotatable bonds is 6. The zero-order chi connectivity index (χ0) is 24.9. The average molecular weight is 494 g/mol. The van der Waals surface area contributed by atoms with E-state index >= 15 is 0 Å². The number of amides is 2. The lowest BCUT2D eigenvalue weighted by atomic mass is 9.96. The second kappa shape index (κ2) is 11.0. The molecule has 2 aromatic carbocycles. The van der Waals surface area contributed by atoms with Crippen molar-refractivity contribution in [3.8, 4) is 11.4 Å². The minimum absolute atomic E-state index is 0.104. The van der Waals surface area contributed by atoms with Crippen molar-refractivity contribution in [1.82, 2.24) is 19.9 Å². The van der Waals surface area contributed by atoms with Gasteiger partial charge in [-0.15, -0.1) is 0 Å². The number of aromatic nitrogens is 2. The number of halogens is 1. The van der Waals surface area contributed by atoms with E-state index in [1.807, 2.05) is 6.07 Å². The first-order valence-electron chi connectivity index (χ1n) is 12.1. The van der Waals surface area contributed by atoms with Crippen LogP contribution in [0.2, 0.25) is 0 Å². The van der Waals surface area contributed by atoms with E-state index in [9.17, 15) is 14.0 Å². The van der Waals surface area contributed by atoms with Crippen molar-refractivity contribution in [3.63, 3.8) is 0 Å². The first kappa shape index (κ1) is 24.1. The Morgan fingerprint density at radius 1 is 1.06 bits per heavy atom. The van der Waals surface area contributed by atoms with Crippen molar-refractivity contribution in [2.45, 2.75) is 19.4 Å². The molecule has 1 atom stereocenters. The summed E-state index contributed by atoms with van der Waals surface area (Å²) in [5.74, 6) is 0.0694. The Morgan fingerprint density at radius 2 is 1.83 bits per heavy atom. The van der Waals surface area contributed by atoms with Gasteiger partial charge in [0, 0.05) is 25.2 Å². The third-order valence-electron chi connectivity index (χ3n) is 6.52. The molecule has 36 heavy (non-hydrogen) atoms. The van der Waals surface area contributed by atoms with Crippen molar-refractivity contribution in [3.05, 3.63) is 65.8 Å². The van der Waals surface area contributed by atoms with E-state index < -0.39 is 0 Å². The summed E-state index contributed by atoms with van der Waals surface area (Å²) in [5, 5.41) is 6.99. The lowest BCUT2D eigenvalue weighted by Gasteiger charge is -2.31. The van der Waals surface area contributed by atoms with Gasteiger partial charge in [-0.2, -0.15) is 4.98 Å². The van der Waals surface area contributed by atoms with Crippen LogP contribution in [0.4, 0.5) is 10.1 Å². The number of benzene rings is 2. The Bertz CT molecular complexity index is 1210. The van der Waals surface area contributed by atoms with Gasteiger partial charge < -0.3 is 19.5 Å². The lowest BCUT2D eigenvalue weighted by Crippen LogP contribution is -2.42. The number of ether oxygens (including phenoxy) is 1. The molecule has 188 valence electrons. The molecule has 0 radical (unpaired) electrons. The van der Waals surface area contributed by atoms with Crippen molar-refractivity contribution < 1.29 is 23.2 Å². The molecule has 2 fully saturated rings. The number of hydrogen-bond donors (Lipinski definition) is 1. The fraction of sp³-hybridized carbons (Fsp3) is 0.385. The SMILES string of the molecule is O=C(Nc1ccccc1C(=O)N1CCOCC1)C1CCCN(Cc2nc(-c3ccc(F)cc3)no2)C1. The predicted molar refractivity (Wildman–Crippen MR) is 129 cm³/mol. The van der Waals surface area contributed by atoms with Crippen LogP contribution in [-0.2, 0) is 16.1 Å². The molecule has 3 heterocycles. The average Bonchev–Trinajstić information content (AvgIpc) is 3.38. The number of nitrogens with one attached hydrogen (secondary N) is 1. The van der Waals surface area contributed by atoms with Crippen molar-refractivity contribution in [1.29, 1.82) is 0 Å². The summed E-state index contributed by atoms with van der Waals surface area (Å²) in [5.41, 5.74) is 1.68. The molecule has 9 nitrogen and oxygen atoms in total. The molecule has 1 unspecified atom stereocenters. The van der Waals surface area contributed by atoms with Crippen molar-refractivity contribution in [2.24, 2.45) is 5.92 Å². The third-order valence-corrected chi connectivity index (χ3v) is 6.52. The van der Waals surface area contributed by atoms with Crippen LogP contribution in [0, 0.1) is 11.7 Å². The molecular formula is C26H28FN5O4. The summed E-state index contributed by atoms with van der Waals surface area (Å²) < 4.78 is 23.9. The second-order valence-corrected chi connectivity index (χ2v) is 9.03. The van der Waals surface area contributed by atoms with Crippen LogP contribution in [-0.4, -0.2) is 71.1 Å². The molecule has 0 bridgehead atoms. The molecule has 2 aliphatic heterocycles. The maximum atomic E-state index is 13.2. The van der Waals surface area contributed by atoms with Gasteiger partial charge in [0.15, 0.2) is 0 Å². The maximum absolute atomic E-state index is 13.2. The first-order valence-corrected chi connectivity index (χ1v) is 12.1. The van der Waals surface area contributed by atoms with Crippen LogP contribution < -0.4 is 5.32 Å². The molecule has 1 N–H and O–H groups in total. The van der Waals surface area contributed by atoms with Gasteiger partial charge in [0.05, 0.1) is 36.9 Å². The van der Waals surface area contributed by atoms with Gasteiger partial charge in [0.25, 0.3) is 5.91 Å². The summed E-state index contributed by atoms with van der Waals surface area (Å²) in [6, 6.07) is 13.0. The third kappa shape index (κ3) is 5.60. The highest BCUT2D eigenvalue weighted by atomic mass is 19.1.